The SMILES string of the molecule is NCCOCCOCCOCCO[C@H]1C[C@@H](O)C[C@@H](CO)O1. The predicted octanol–water partition coefficient (Wildman–Crippen LogP) is -1.13. The standard InChI is InChI=1S/C14H29NO7/c15-1-2-18-3-4-19-5-6-20-7-8-21-14-10-12(17)9-13(11-16)22-14/h12-14,16-17H,1-11,15H2/t12-,13-,14+/m0/s1. The molecule has 132 valence electrons. The molecule has 0 aromatic carbocycles. The summed E-state index contributed by atoms with van der Waals surface area (Å²) in [6.45, 7) is 3.78. The van der Waals surface area contributed by atoms with Gasteiger partial charge in [0.15, 0.2) is 6.29 Å². The summed E-state index contributed by atoms with van der Waals surface area (Å²) in [5, 5.41) is 18.7. The van der Waals surface area contributed by atoms with E-state index in [4.69, 9.17) is 34.5 Å². The van der Waals surface area contributed by atoms with E-state index in [0.29, 0.717) is 65.6 Å². The van der Waals surface area contributed by atoms with Gasteiger partial charge in [-0.2, -0.15) is 0 Å². The van der Waals surface area contributed by atoms with Crippen LogP contribution in [0, 0.1) is 0 Å². The fourth-order valence-corrected chi connectivity index (χ4v) is 2.04. The quantitative estimate of drug-likeness (QED) is 0.365. The molecule has 0 aliphatic carbocycles. The maximum absolute atomic E-state index is 9.62. The molecular weight excluding hydrogens is 294 g/mol. The first-order valence-electron chi connectivity index (χ1n) is 7.75. The highest BCUT2D eigenvalue weighted by Crippen LogP contribution is 2.20. The minimum atomic E-state index is -0.494. The third-order valence-corrected chi connectivity index (χ3v) is 3.08. The zero-order valence-corrected chi connectivity index (χ0v) is 13.0. The highest BCUT2D eigenvalue weighted by molar-refractivity contribution is 4.72. The van der Waals surface area contributed by atoms with E-state index >= 15 is 0 Å². The molecule has 1 aliphatic heterocycles. The van der Waals surface area contributed by atoms with Crippen molar-refractivity contribution in [2.75, 3.05) is 59.4 Å². The molecule has 0 bridgehead atoms. The Bertz CT molecular complexity index is 257. The van der Waals surface area contributed by atoms with Crippen LogP contribution in [0.2, 0.25) is 0 Å². The van der Waals surface area contributed by atoms with Gasteiger partial charge in [0.2, 0.25) is 0 Å². The topological polar surface area (TPSA) is 113 Å². The molecule has 1 fully saturated rings. The number of hydrogen-bond donors (Lipinski definition) is 3. The van der Waals surface area contributed by atoms with E-state index in [1.54, 1.807) is 0 Å². The molecule has 1 rings (SSSR count). The van der Waals surface area contributed by atoms with Gasteiger partial charge in [0.25, 0.3) is 0 Å². The van der Waals surface area contributed by atoms with Gasteiger partial charge in [-0.05, 0) is 0 Å². The number of nitrogens with two attached hydrogens (primary N) is 1. The first kappa shape index (κ1) is 19.7. The van der Waals surface area contributed by atoms with Crippen molar-refractivity contribution in [2.45, 2.75) is 31.3 Å². The van der Waals surface area contributed by atoms with Crippen LogP contribution in [0.25, 0.3) is 0 Å². The molecule has 8 heteroatoms. The first-order valence-corrected chi connectivity index (χ1v) is 7.75. The Morgan fingerprint density at radius 1 is 0.909 bits per heavy atom. The smallest absolute Gasteiger partial charge is 0.160 e. The van der Waals surface area contributed by atoms with E-state index in [2.05, 4.69) is 0 Å². The van der Waals surface area contributed by atoms with E-state index in [9.17, 15) is 5.11 Å². The molecule has 0 saturated carbocycles. The van der Waals surface area contributed by atoms with Crippen LogP contribution in [-0.2, 0) is 23.7 Å². The van der Waals surface area contributed by atoms with Crippen LogP contribution >= 0.6 is 0 Å². The van der Waals surface area contributed by atoms with Gasteiger partial charge in [-0.25, -0.2) is 0 Å². The van der Waals surface area contributed by atoms with Crippen LogP contribution in [0.5, 0.6) is 0 Å². The van der Waals surface area contributed by atoms with Crippen LogP contribution in [0.3, 0.4) is 0 Å². The molecule has 4 N–H and O–H groups in total. The second-order valence-corrected chi connectivity index (χ2v) is 4.99. The molecule has 8 nitrogen and oxygen atoms in total. The van der Waals surface area contributed by atoms with Crippen LogP contribution in [-0.4, -0.2) is 88.1 Å². The number of aliphatic hydroxyl groups excluding tert-OH is 2. The summed E-state index contributed by atoms with van der Waals surface area (Å²) in [7, 11) is 0. The third kappa shape index (κ3) is 9.65. The van der Waals surface area contributed by atoms with E-state index in [1.165, 1.54) is 0 Å². The molecule has 0 aromatic rings. The monoisotopic (exact) mass is 323 g/mol. The summed E-state index contributed by atoms with van der Waals surface area (Å²) in [5.41, 5.74) is 5.28. The summed E-state index contributed by atoms with van der Waals surface area (Å²) in [6.07, 6.45) is -0.474. The van der Waals surface area contributed by atoms with Gasteiger partial charge in [0.05, 0.1) is 65.1 Å². The molecule has 3 atom stereocenters. The summed E-state index contributed by atoms with van der Waals surface area (Å²) in [4.78, 5) is 0. The molecule has 22 heavy (non-hydrogen) atoms. The van der Waals surface area contributed by atoms with E-state index in [-0.39, 0.29) is 12.7 Å². The Balaban J connectivity index is 1.87. The normalized spacial score (nSPS) is 25.5. The lowest BCUT2D eigenvalue weighted by Gasteiger charge is -2.31. The zero-order chi connectivity index (χ0) is 16.0. The Labute approximate surface area is 131 Å². The number of aliphatic hydroxyl groups is 2. The number of ether oxygens (including phenoxy) is 5. The molecule has 0 radical (unpaired) electrons. The van der Waals surface area contributed by atoms with Crippen molar-refractivity contribution in [3.05, 3.63) is 0 Å². The highest BCUT2D eigenvalue weighted by Gasteiger charge is 2.28. The van der Waals surface area contributed by atoms with E-state index in [1.807, 2.05) is 0 Å². The Kier molecular flexibility index (Phi) is 11.8. The van der Waals surface area contributed by atoms with E-state index < -0.39 is 12.4 Å². The molecule has 0 unspecified atom stereocenters. The van der Waals surface area contributed by atoms with Gasteiger partial charge in [-0.1, -0.05) is 0 Å². The molecule has 0 aromatic heterocycles. The van der Waals surface area contributed by atoms with E-state index in [0.717, 1.165) is 0 Å². The maximum Gasteiger partial charge on any atom is 0.160 e. The van der Waals surface area contributed by atoms with Crippen LogP contribution < -0.4 is 5.73 Å². The van der Waals surface area contributed by atoms with Gasteiger partial charge in [-0.15, -0.1) is 0 Å². The van der Waals surface area contributed by atoms with Crippen molar-refractivity contribution in [3.63, 3.8) is 0 Å². The summed E-state index contributed by atoms with van der Waals surface area (Å²) < 4.78 is 26.7. The summed E-state index contributed by atoms with van der Waals surface area (Å²) in [6, 6.07) is 0. The second-order valence-electron chi connectivity index (χ2n) is 4.99. The largest absolute Gasteiger partial charge is 0.394 e. The Morgan fingerprint density at radius 2 is 1.50 bits per heavy atom. The second kappa shape index (κ2) is 13.1. The molecule has 0 amide bonds. The van der Waals surface area contributed by atoms with Gasteiger partial charge < -0.3 is 39.6 Å². The van der Waals surface area contributed by atoms with Crippen LogP contribution in [0.4, 0.5) is 0 Å². The number of rotatable bonds is 13. The van der Waals surface area contributed by atoms with Crippen molar-refractivity contribution in [1.82, 2.24) is 0 Å². The average molecular weight is 323 g/mol. The molecule has 1 saturated heterocycles. The zero-order valence-electron chi connectivity index (χ0n) is 13.0. The minimum absolute atomic E-state index is 0.111. The molecular formula is C14H29NO7. The lowest BCUT2D eigenvalue weighted by Crippen LogP contribution is -2.39. The van der Waals surface area contributed by atoms with Gasteiger partial charge in [0, 0.05) is 19.4 Å². The fraction of sp³-hybridized carbons (Fsp3) is 1.00. The molecule has 1 aliphatic rings. The summed E-state index contributed by atoms with van der Waals surface area (Å²) >= 11 is 0. The predicted molar refractivity (Wildman–Crippen MR) is 78.5 cm³/mol. The maximum atomic E-state index is 9.62. The lowest BCUT2D eigenvalue weighted by molar-refractivity contribution is -0.225. The average Bonchev–Trinajstić information content (AvgIpc) is 2.52. The fourth-order valence-electron chi connectivity index (χ4n) is 2.04. The van der Waals surface area contributed by atoms with Crippen LogP contribution in [0.1, 0.15) is 12.8 Å². The van der Waals surface area contributed by atoms with Crippen molar-refractivity contribution in [3.8, 4) is 0 Å². The van der Waals surface area contributed by atoms with Gasteiger partial charge >= 0.3 is 0 Å². The van der Waals surface area contributed by atoms with Crippen molar-refractivity contribution in [1.29, 1.82) is 0 Å². The number of hydrogen-bond acceptors (Lipinski definition) is 8. The van der Waals surface area contributed by atoms with Crippen molar-refractivity contribution in [2.24, 2.45) is 5.73 Å². The summed E-state index contributed by atoms with van der Waals surface area (Å²) in [5.74, 6) is 0. The first-order chi connectivity index (χ1) is 10.8. The third-order valence-electron chi connectivity index (χ3n) is 3.08. The van der Waals surface area contributed by atoms with Crippen molar-refractivity contribution < 1.29 is 33.9 Å². The molecule has 0 spiro atoms. The molecule has 1 heterocycles. The minimum Gasteiger partial charge on any atom is -0.394 e. The Morgan fingerprint density at radius 3 is 2.09 bits per heavy atom. The van der Waals surface area contributed by atoms with Gasteiger partial charge in [-0.3, -0.25) is 0 Å². The highest BCUT2D eigenvalue weighted by atomic mass is 16.7. The Hall–Kier alpha value is -0.320. The lowest BCUT2D eigenvalue weighted by atomic mass is 10.1. The van der Waals surface area contributed by atoms with Crippen LogP contribution in [0.15, 0.2) is 0 Å². The van der Waals surface area contributed by atoms with Gasteiger partial charge in [0.1, 0.15) is 0 Å². The van der Waals surface area contributed by atoms with Crippen molar-refractivity contribution >= 4 is 0 Å².